The Morgan fingerprint density at radius 3 is 2.80 bits per heavy atom. The highest BCUT2D eigenvalue weighted by molar-refractivity contribution is 5.50. The van der Waals surface area contributed by atoms with E-state index in [-0.39, 0.29) is 11.6 Å². The Morgan fingerprint density at radius 1 is 1.35 bits per heavy atom. The summed E-state index contributed by atoms with van der Waals surface area (Å²) in [4.78, 5) is 1.98. The summed E-state index contributed by atoms with van der Waals surface area (Å²) in [6, 6.07) is 2.96. The molecular formula is C16H24F2N2. The van der Waals surface area contributed by atoms with Gasteiger partial charge in [0.25, 0.3) is 0 Å². The first-order valence-electron chi connectivity index (χ1n) is 7.47. The van der Waals surface area contributed by atoms with Crippen LogP contribution in [-0.2, 0) is 0 Å². The number of anilines is 1. The Labute approximate surface area is 120 Å². The molecule has 0 saturated carbocycles. The summed E-state index contributed by atoms with van der Waals surface area (Å²) in [5.74, 6) is -0.138. The smallest absolute Gasteiger partial charge is 0.146 e. The van der Waals surface area contributed by atoms with Crippen LogP contribution in [-0.4, -0.2) is 25.7 Å². The van der Waals surface area contributed by atoms with Crippen LogP contribution < -0.4 is 10.2 Å². The molecule has 1 heterocycles. The van der Waals surface area contributed by atoms with Crippen LogP contribution in [0.2, 0.25) is 0 Å². The molecule has 1 aliphatic rings. The Bertz CT molecular complexity index is 462. The molecule has 20 heavy (non-hydrogen) atoms. The van der Waals surface area contributed by atoms with Gasteiger partial charge >= 0.3 is 0 Å². The highest BCUT2D eigenvalue weighted by Crippen LogP contribution is 2.25. The molecule has 1 aromatic rings. The van der Waals surface area contributed by atoms with Crippen molar-refractivity contribution in [3.63, 3.8) is 0 Å². The fourth-order valence-electron chi connectivity index (χ4n) is 2.71. The number of hydrogen-bond acceptors (Lipinski definition) is 2. The van der Waals surface area contributed by atoms with Gasteiger partial charge in [-0.15, -0.1) is 0 Å². The van der Waals surface area contributed by atoms with Crippen molar-refractivity contribution < 1.29 is 8.78 Å². The average Bonchev–Trinajstić information content (AvgIpc) is 2.68. The molecule has 1 fully saturated rings. The minimum absolute atomic E-state index is 0.325. The van der Waals surface area contributed by atoms with Gasteiger partial charge in [0, 0.05) is 25.2 Å². The van der Waals surface area contributed by atoms with Crippen LogP contribution >= 0.6 is 0 Å². The molecule has 0 bridgehead atoms. The van der Waals surface area contributed by atoms with Crippen LogP contribution in [0, 0.1) is 24.5 Å². The summed E-state index contributed by atoms with van der Waals surface area (Å²) >= 11 is 0. The molecule has 4 heteroatoms. The molecule has 1 saturated heterocycles. The van der Waals surface area contributed by atoms with E-state index in [1.165, 1.54) is 12.1 Å². The fraction of sp³-hybridized carbons (Fsp3) is 0.625. The molecule has 2 nitrogen and oxygen atoms in total. The van der Waals surface area contributed by atoms with Gasteiger partial charge in [0.1, 0.15) is 11.6 Å². The number of rotatable bonds is 3. The monoisotopic (exact) mass is 282 g/mol. The summed E-state index contributed by atoms with van der Waals surface area (Å²) in [5.41, 5.74) is 0.753. The second kappa shape index (κ2) is 6.53. The molecule has 0 aliphatic carbocycles. The Balaban J connectivity index is 2.24. The largest absolute Gasteiger partial charge is 0.367 e. The maximum absolute atomic E-state index is 14.1. The number of nitrogens with zero attached hydrogens (tertiary/aromatic N) is 1. The third-order valence-corrected chi connectivity index (χ3v) is 4.33. The topological polar surface area (TPSA) is 15.3 Å². The quantitative estimate of drug-likeness (QED) is 0.913. The van der Waals surface area contributed by atoms with Crippen molar-refractivity contribution >= 4 is 5.69 Å². The van der Waals surface area contributed by atoms with E-state index in [4.69, 9.17) is 0 Å². The zero-order valence-electron chi connectivity index (χ0n) is 12.5. The lowest BCUT2D eigenvalue weighted by atomic mass is 9.98. The van der Waals surface area contributed by atoms with Crippen molar-refractivity contribution in [3.05, 3.63) is 29.3 Å². The Hall–Kier alpha value is -1.16. The lowest BCUT2D eigenvalue weighted by Gasteiger charge is -2.30. The average molecular weight is 282 g/mol. The van der Waals surface area contributed by atoms with E-state index in [1.54, 1.807) is 6.92 Å². The van der Waals surface area contributed by atoms with Crippen LogP contribution in [0.4, 0.5) is 14.5 Å². The first-order chi connectivity index (χ1) is 9.52. The van der Waals surface area contributed by atoms with E-state index in [0.29, 0.717) is 23.2 Å². The Morgan fingerprint density at radius 2 is 2.10 bits per heavy atom. The lowest BCUT2D eigenvalue weighted by molar-refractivity contribution is 0.383. The van der Waals surface area contributed by atoms with E-state index in [0.717, 1.165) is 32.5 Å². The molecule has 0 spiro atoms. The predicted molar refractivity (Wildman–Crippen MR) is 79.2 cm³/mol. The van der Waals surface area contributed by atoms with Gasteiger partial charge in [0.05, 0.1) is 5.69 Å². The van der Waals surface area contributed by atoms with E-state index in [9.17, 15) is 8.78 Å². The van der Waals surface area contributed by atoms with Gasteiger partial charge in [-0.2, -0.15) is 0 Å². The van der Waals surface area contributed by atoms with Crippen LogP contribution in [0.25, 0.3) is 0 Å². The van der Waals surface area contributed by atoms with Gasteiger partial charge in [-0.05, 0) is 37.4 Å². The molecule has 0 aromatic heterocycles. The molecule has 0 amide bonds. The van der Waals surface area contributed by atoms with E-state index >= 15 is 0 Å². The third kappa shape index (κ3) is 3.29. The van der Waals surface area contributed by atoms with Crippen molar-refractivity contribution in [1.29, 1.82) is 0 Å². The van der Waals surface area contributed by atoms with Crippen LogP contribution in [0.5, 0.6) is 0 Å². The van der Waals surface area contributed by atoms with Crippen LogP contribution in [0.3, 0.4) is 0 Å². The second-order valence-corrected chi connectivity index (χ2v) is 5.80. The van der Waals surface area contributed by atoms with Crippen LogP contribution in [0.15, 0.2) is 12.1 Å². The van der Waals surface area contributed by atoms with Crippen molar-refractivity contribution in [1.82, 2.24) is 5.32 Å². The second-order valence-electron chi connectivity index (χ2n) is 5.80. The molecule has 1 aromatic carbocycles. The van der Waals surface area contributed by atoms with E-state index < -0.39 is 0 Å². The number of hydrogen-bond donors (Lipinski definition) is 1. The van der Waals surface area contributed by atoms with Gasteiger partial charge in [-0.3, -0.25) is 0 Å². The third-order valence-electron chi connectivity index (χ3n) is 4.33. The first-order valence-corrected chi connectivity index (χ1v) is 7.47. The van der Waals surface area contributed by atoms with Gasteiger partial charge < -0.3 is 10.2 Å². The van der Waals surface area contributed by atoms with Crippen molar-refractivity contribution in [2.75, 3.05) is 24.5 Å². The minimum Gasteiger partial charge on any atom is -0.367 e. The molecule has 2 atom stereocenters. The highest BCUT2D eigenvalue weighted by atomic mass is 19.1. The maximum atomic E-state index is 14.1. The summed E-state index contributed by atoms with van der Waals surface area (Å²) in [7, 11) is 0. The van der Waals surface area contributed by atoms with Crippen molar-refractivity contribution in [2.24, 2.45) is 5.92 Å². The van der Waals surface area contributed by atoms with E-state index in [2.05, 4.69) is 19.2 Å². The first kappa shape index (κ1) is 15.2. The molecule has 1 N–H and O–H groups in total. The molecular weight excluding hydrogens is 258 g/mol. The Kier molecular flexibility index (Phi) is 4.97. The fourth-order valence-corrected chi connectivity index (χ4v) is 2.71. The van der Waals surface area contributed by atoms with Crippen molar-refractivity contribution in [3.8, 4) is 0 Å². The molecule has 2 rings (SSSR count). The number of benzene rings is 1. The molecule has 112 valence electrons. The predicted octanol–water partition coefficient (Wildman–Crippen LogP) is 3.49. The van der Waals surface area contributed by atoms with Crippen LogP contribution in [0.1, 0.15) is 32.3 Å². The van der Waals surface area contributed by atoms with Gasteiger partial charge in [-0.1, -0.05) is 20.3 Å². The SMILES string of the molecule is CCC(C)C1CN(c2cc(F)c(C)cc2F)CCCN1. The number of nitrogens with one attached hydrogen (secondary N) is 1. The zero-order chi connectivity index (χ0) is 14.7. The highest BCUT2D eigenvalue weighted by Gasteiger charge is 2.24. The molecule has 2 unspecified atom stereocenters. The van der Waals surface area contributed by atoms with Gasteiger partial charge in [0.15, 0.2) is 0 Å². The summed E-state index contributed by atoms with van der Waals surface area (Å²) in [6.45, 7) is 8.38. The maximum Gasteiger partial charge on any atom is 0.146 e. The summed E-state index contributed by atoms with van der Waals surface area (Å²) in [6.07, 6.45) is 2.03. The lowest BCUT2D eigenvalue weighted by Crippen LogP contribution is -2.42. The molecule has 0 radical (unpaired) electrons. The summed E-state index contributed by atoms with van der Waals surface area (Å²) < 4.78 is 27.9. The van der Waals surface area contributed by atoms with Gasteiger partial charge in [0.2, 0.25) is 0 Å². The number of aryl methyl sites for hydroxylation is 1. The standard InChI is InChI=1S/C16H24F2N2/c1-4-11(2)15-10-20(7-5-6-19-15)16-9-13(17)12(3)8-14(16)18/h8-9,11,15,19H,4-7,10H2,1-3H3. The normalized spacial score (nSPS) is 21.6. The van der Waals surface area contributed by atoms with Gasteiger partial charge in [-0.25, -0.2) is 8.78 Å². The van der Waals surface area contributed by atoms with Crippen molar-refractivity contribution in [2.45, 2.75) is 39.7 Å². The molecule has 1 aliphatic heterocycles. The van der Waals surface area contributed by atoms with E-state index in [1.807, 2.05) is 4.90 Å². The zero-order valence-corrected chi connectivity index (χ0v) is 12.5. The number of halogens is 2. The minimum atomic E-state index is -0.335. The summed E-state index contributed by atoms with van der Waals surface area (Å²) in [5, 5.41) is 3.52.